The van der Waals surface area contributed by atoms with E-state index in [0.717, 1.165) is 6.42 Å². The van der Waals surface area contributed by atoms with Crippen LogP contribution >= 0.6 is 24.0 Å². The highest BCUT2D eigenvalue weighted by molar-refractivity contribution is 8.23. The van der Waals surface area contributed by atoms with E-state index in [1.54, 1.807) is 0 Å². The maximum Gasteiger partial charge on any atom is 0.240 e. The van der Waals surface area contributed by atoms with Gasteiger partial charge < -0.3 is 5.32 Å². The lowest BCUT2D eigenvalue weighted by Gasteiger charge is -2.13. The Morgan fingerprint density at radius 1 is 1.71 bits per heavy atom. The van der Waals surface area contributed by atoms with Crippen LogP contribution in [0.25, 0.3) is 0 Å². The summed E-state index contributed by atoms with van der Waals surface area (Å²) in [6.07, 6.45) is 0.888. The summed E-state index contributed by atoms with van der Waals surface area (Å²) in [7, 11) is 0. The summed E-state index contributed by atoms with van der Waals surface area (Å²) in [5.41, 5.74) is 0. The smallest absolute Gasteiger partial charge is 0.240 e. The molecule has 0 bridgehead atoms. The first-order chi connectivity index (χ1) is 6.65. The monoisotopic (exact) mass is 232 g/mol. The van der Waals surface area contributed by atoms with Gasteiger partial charge in [-0.15, -0.1) is 0 Å². The number of carbonyl (C=O) groups excluding carboxylic acids is 2. The summed E-state index contributed by atoms with van der Waals surface area (Å²) < 4.78 is 0.502. The van der Waals surface area contributed by atoms with Crippen LogP contribution in [-0.2, 0) is 9.59 Å². The quantitative estimate of drug-likeness (QED) is 0.712. The number of thiocarbonyl (C=S) groups is 1. The van der Waals surface area contributed by atoms with E-state index in [1.165, 1.54) is 16.7 Å². The van der Waals surface area contributed by atoms with Crippen molar-refractivity contribution in [3.63, 3.8) is 0 Å². The number of amides is 2. The zero-order chi connectivity index (χ0) is 10.6. The molecule has 0 aromatic carbocycles. The van der Waals surface area contributed by atoms with Crippen LogP contribution < -0.4 is 5.32 Å². The van der Waals surface area contributed by atoms with Gasteiger partial charge in [0, 0.05) is 6.54 Å². The molecule has 0 saturated carbocycles. The lowest BCUT2D eigenvalue weighted by molar-refractivity contribution is -0.129. The average Bonchev–Trinajstić information content (AvgIpc) is 2.46. The van der Waals surface area contributed by atoms with Gasteiger partial charge in [0.05, 0.1) is 5.75 Å². The number of thioether (sulfide) groups is 1. The fourth-order valence-electron chi connectivity index (χ4n) is 0.998. The van der Waals surface area contributed by atoms with Crippen molar-refractivity contribution in [2.24, 2.45) is 0 Å². The molecule has 0 spiro atoms. The van der Waals surface area contributed by atoms with E-state index in [4.69, 9.17) is 12.2 Å². The summed E-state index contributed by atoms with van der Waals surface area (Å²) >= 11 is 6.24. The van der Waals surface area contributed by atoms with Gasteiger partial charge in [-0.1, -0.05) is 30.9 Å². The van der Waals surface area contributed by atoms with Crippen LogP contribution in [-0.4, -0.2) is 39.9 Å². The molecule has 1 heterocycles. The topological polar surface area (TPSA) is 49.4 Å². The van der Waals surface area contributed by atoms with Gasteiger partial charge in [-0.3, -0.25) is 14.5 Å². The highest BCUT2D eigenvalue weighted by Crippen LogP contribution is 2.18. The molecule has 1 fully saturated rings. The molecular formula is C8H12N2O2S2. The number of carbonyl (C=O) groups is 2. The average molecular weight is 232 g/mol. The minimum Gasteiger partial charge on any atom is -0.355 e. The molecule has 4 nitrogen and oxygen atoms in total. The van der Waals surface area contributed by atoms with Crippen LogP contribution in [0.1, 0.15) is 13.3 Å². The predicted octanol–water partition coefficient (Wildman–Crippen LogP) is 0.373. The van der Waals surface area contributed by atoms with Crippen molar-refractivity contribution in [1.29, 1.82) is 0 Å². The van der Waals surface area contributed by atoms with Crippen LogP contribution in [0, 0.1) is 0 Å². The van der Waals surface area contributed by atoms with Gasteiger partial charge in [0.15, 0.2) is 0 Å². The number of rotatable bonds is 4. The van der Waals surface area contributed by atoms with Crippen molar-refractivity contribution in [1.82, 2.24) is 10.2 Å². The Bertz CT molecular complexity index is 252. The first-order valence-electron chi connectivity index (χ1n) is 4.39. The van der Waals surface area contributed by atoms with Crippen LogP contribution in [0.2, 0.25) is 0 Å². The molecular weight excluding hydrogens is 220 g/mol. The van der Waals surface area contributed by atoms with Crippen molar-refractivity contribution in [3.8, 4) is 0 Å². The molecule has 0 aliphatic carbocycles. The van der Waals surface area contributed by atoms with E-state index in [9.17, 15) is 9.59 Å². The standard InChI is InChI=1S/C8H12N2O2S2/c1-2-3-9-6(11)4-10-7(12)5-14-8(10)13/h2-5H2,1H3,(H,9,11). The second kappa shape index (κ2) is 5.31. The van der Waals surface area contributed by atoms with Gasteiger partial charge in [-0.05, 0) is 6.42 Å². The zero-order valence-electron chi connectivity index (χ0n) is 7.91. The van der Waals surface area contributed by atoms with Crippen LogP contribution in [0.5, 0.6) is 0 Å². The number of hydrogen-bond donors (Lipinski definition) is 1. The summed E-state index contributed by atoms with van der Waals surface area (Å²) in [5, 5.41) is 2.70. The number of nitrogens with zero attached hydrogens (tertiary/aromatic N) is 1. The highest BCUT2D eigenvalue weighted by atomic mass is 32.2. The fourth-order valence-corrected chi connectivity index (χ4v) is 2.07. The molecule has 1 aliphatic heterocycles. The first-order valence-corrected chi connectivity index (χ1v) is 5.78. The van der Waals surface area contributed by atoms with Crippen molar-refractivity contribution in [2.45, 2.75) is 13.3 Å². The van der Waals surface area contributed by atoms with E-state index in [2.05, 4.69) is 5.32 Å². The molecule has 1 N–H and O–H groups in total. The van der Waals surface area contributed by atoms with E-state index in [0.29, 0.717) is 16.6 Å². The fraction of sp³-hybridized carbons (Fsp3) is 0.625. The number of nitrogens with one attached hydrogen (secondary N) is 1. The summed E-state index contributed by atoms with van der Waals surface area (Å²) in [4.78, 5) is 23.9. The largest absolute Gasteiger partial charge is 0.355 e. The first kappa shape index (κ1) is 11.5. The van der Waals surface area contributed by atoms with E-state index >= 15 is 0 Å². The van der Waals surface area contributed by atoms with Crippen LogP contribution in [0.15, 0.2) is 0 Å². The number of hydrogen-bond acceptors (Lipinski definition) is 4. The molecule has 1 aliphatic rings. The van der Waals surface area contributed by atoms with Crippen molar-refractivity contribution in [2.75, 3.05) is 18.8 Å². The van der Waals surface area contributed by atoms with Gasteiger partial charge in [0.25, 0.3) is 0 Å². The normalized spacial score (nSPS) is 16.2. The lowest BCUT2D eigenvalue weighted by atomic mass is 10.4. The van der Waals surface area contributed by atoms with E-state index in [1.807, 2.05) is 6.92 Å². The molecule has 0 radical (unpaired) electrons. The van der Waals surface area contributed by atoms with Crippen LogP contribution in [0.3, 0.4) is 0 Å². The Morgan fingerprint density at radius 3 is 2.93 bits per heavy atom. The molecule has 2 amide bonds. The predicted molar refractivity (Wildman–Crippen MR) is 60.1 cm³/mol. The molecule has 0 aromatic heterocycles. The van der Waals surface area contributed by atoms with Gasteiger partial charge in [0.2, 0.25) is 11.8 Å². The summed E-state index contributed by atoms with van der Waals surface area (Å²) in [5.74, 6) is 0.136. The molecule has 0 unspecified atom stereocenters. The molecule has 14 heavy (non-hydrogen) atoms. The van der Waals surface area contributed by atoms with E-state index in [-0.39, 0.29) is 18.4 Å². The van der Waals surface area contributed by atoms with Gasteiger partial charge >= 0.3 is 0 Å². The Morgan fingerprint density at radius 2 is 2.43 bits per heavy atom. The SMILES string of the molecule is CCCNC(=O)CN1C(=O)CSC1=S. The Balaban J connectivity index is 2.39. The maximum absolute atomic E-state index is 11.3. The second-order valence-electron chi connectivity index (χ2n) is 2.88. The molecule has 0 aromatic rings. The molecule has 6 heteroatoms. The molecule has 1 rings (SSSR count). The molecule has 0 atom stereocenters. The van der Waals surface area contributed by atoms with Crippen molar-refractivity contribution in [3.05, 3.63) is 0 Å². The second-order valence-corrected chi connectivity index (χ2v) is 4.49. The highest BCUT2D eigenvalue weighted by Gasteiger charge is 2.27. The minimum absolute atomic E-state index is 0.0602. The van der Waals surface area contributed by atoms with Crippen LogP contribution in [0.4, 0.5) is 0 Å². The van der Waals surface area contributed by atoms with Gasteiger partial charge in [-0.2, -0.15) is 0 Å². The maximum atomic E-state index is 11.3. The zero-order valence-corrected chi connectivity index (χ0v) is 9.54. The Kier molecular flexibility index (Phi) is 4.34. The third-order valence-electron chi connectivity index (χ3n) is 1.71. The Hall–Kier alpha value is -0.620. The summed E-state index contributed by atoms with van der Waals surface area (Å²) in [6.45, 7) is 2.67. The van der Waals surface area contributed by atoms with Gasteiger partial charge in [-0.25, -0.2) is 0 Å². The third-order valence-corrected chi connectivity index (χ3v) is 3.15. The lowest BCUT2D eigenvalue weighted by Crippen LogP contribution is -2.39. The summed E-state index contributed by atoms with van der Waals surface area (Å²) in [6, 6.07) is 0. The minimum atomic E-state index is -0.148. The van der Waals surface area contributed by atoms with Gasteiger partial charge in [0.1, 0.15) is 10.9 Å². The third kappa shape index (κ3) is 2.95. The Labute approximate surface area is 92.4 Å². The van der Waals surface area contributed by atoms with Crippen molar-refractivity contribution >= 4 is 40.1 Å². The molecule has 78 valence electrons. The van der Waals surface area contributed by atoms with E-state index < -0.39 is 0 Å². The van der Waals surface area contributed by atoms with Crippen molar-refractivity contribution < 1.29 is 9.59 Å². The molecule has 1 saturated heterocycles.